The number of sulfone groups is 1. The van der Waals surface area contributed by atoms with Crippen LogP contribution in [0, 0.1) is 0 Å². The predicted molar refractivity (Wildman–Crippen MR) is 98.3 cm³/mol. The second-order valence-corrected chi connectivity index (χ2v) is 11.1. The molecule has 0 amide bonds. The lowest BCUT2D eigenvalue weighted by atomic mass is 9.94. The first-order chi connectivity index (χ1) is 13.7. The largest absolute Gasteiger partial charge is 0.416 e. The fraction of sp³-hybridized carbons (Fsp3) is 0.471. The van der Waals surface area contributed by atoms with Gasteiger partial charge in [0.05, 0.1) is 16.8 Å². The molecule has 0 saturated heterocycles. The van der Waals surface area contributed by atoms with Crippen LogP contribution in [-0.2, 0) is 33.1 Å². The minimum atomic E-state index is -4.77. The number of nitrogens with one attached hydrogen (secondary N) is 1. The average molecular weight is 469 g/mol. The first kappa shape index (κ1) is 22.7. The Bertz CT molecular complexity index is 1140. The minimum absolute atomic E-state index is 0.138. The molecule has 13 heteroatoms. The van der Waals surface area contributed by atoms with Gasteiger partial charge in [0.2, 0.25) is 14.8 Å². The van der Waals surface area contributed by atoms with E-state index in [9.17, 15) is 30.0 Å². The lowest BCUT2D eigenvalue weighted by molar-refractivity contribution is -0.137. The third-order valence-corrected chi connectivity index (χ3v) is 8.61. The standard InChI is InChI=1S/C17H19F4N3O4S2/c1-24-10-15(22-11-24)30(27,28)23-13-5-7-16(18,8-6-13)29(25,26)14-4-2-3-12(9-14)17(19,20)21/h2-4,9-11,13,23H,5-8H2,1H3/t13-,16-. The van der Waals surface area contributed by atoms with Gasteiger partial charge in [-0.1, -0.05) is 6.07 Å². The van der Waals surface area contributed by atoms with Crippen LogP contribution in [0.5, 0.6) is 0 Å². The van der Waals surface area contributed by atoms with Gasteiger partial charge in [-0.25, -0.2) is 30.9 Å². The Hall–Kier alpha value is -1.99. The number of aryl methyl sites for hydroxylation is 1. The Morgan fingerprint density at radius 2 is 1.80 bits per heavy atom. The van der Waals surface area contributed by atoms with E-state index in [0.29, 0.717) is 12.1 Å². The Kier molecular flexibility index (Phi) is 5.75. The first-order valence-corrected chi connectivity index (χ1v) is 11.8. The molecule has 0 radical (unpaired) electrons. The zero-order chi connectivity index (χ0) is 22.4. The molecule has 0 spiro atoms. The van der Waals surface area contributed by atoms with E-state index in [1.165, 1.54) is 17.1 Å². The lowest BCUT2D eigenvalue weighted by Gasteiger charge is -2.33. The number of hydrogen-bond acceptors (Lipinski definition) is 5. The second-order valence-electron chi connectivity index (χ2n) is 7.19. The number of imidazole rings is 1. The summed E-state index contributed by atoms with van der Waals surface area (Å²) < 4.78 is 108. The van der Waals surface area contributed by atoms with E-state index in [1.54, 1.807) is 7.05 Å². The van der Waals surface area contributed by atoms with Crippen molar-refractivity contribution in [2.45, 2.75) is 52.8 Å². The van der Waals surface area contributed by atoms with E-state index < -0.39 is 60.4 Å². The maximum Gasteiger partial charge on any atom is 0.416 e. The Morgan fingerprint density at radius 3 is 2.33 bits per heavy atom. The van der Waals surface area contributed by atoms with E-state index in [1.807, 2.05) is 0 Å². The van der Waals surface area contributed by atoms with Crippen molar-refractivity contribution in [1.82, 2.24) is 14.3 Å². The van der Waals surface area contributed by atoms with Crippen LogP contribution in [0.1, 0.15) is 31.2 Å². The molecule has 1 aliphatic carbocycles. The van der Waals surface area contributed by atoms with Crippen LogP contribution in [0.3, 0.4) is 0 Å². The van der Waals surface area contributed by atoms with Crippen LogP contribution in [0.25, 0.3) is 0 Å². The van der Waals surface area contributed by atoms with E-state index in [0.717, 1.165) is 12.1 Å². The number of rotatable bonds is 5. The minimum Gasteiger partial charge on any atom is -0.339 e. The third-order valence-electron chi connectivity index (χ3n) is 4.96. The molecule has 2 aromatic rings. The van der Waals surface area contributed by atoms with Gasteiger partial charge >= 0.3 is 6.18 Å². The highest BCUT2D eigenvalue weighted by Gasteiger charge is 2.48. The van der Waals surface area contributed by atoms with Gasteiger partial charge in [0.1, 0.15) is 0 Å². The monoisotopic (exact) mass is 469 g/mol. The Balaban J connectivity index is 1.75. The molecule has 1 aromatic carbocycles. The van der Waals surface area contributed by atoms with Crippen molar-refractivity contribution in [2.24, 2.45) is 7.05 Å². The molecule has 1 fully saturated rings. The van der Waals surface area contributed by atoms with Gasteiger partial charge in [-0.2, -0.15) is 13.2 Å². The van der Waals surface area contributed by atoms with Crippen molar-refractivity contribution < 1.29 is 34.4 Å². The highest BCUT2D eigenvalue weighted by molar-refractivity contribution is 7.92. The number of alkyl halides is 4. The van der Waals surface area contributed by atoms with Gasteiger partial charge in [-0.3, -0.25) is 0 Å². The second kappa shape index (κ2) is 7.61. The average Bonchev–Trinajstić information content (AvgIpc) is 3.10. The summed E-state index contributed by atoms with van der Waals surface area (Å²) in [5.41, 5.74) is -1.19. The molecule has 1 heterocycles. The highest BCUT2D eigenvalue weighted by Crippen LogP contribution is 2.41. The predicted octanol–water partition coefficient (Wildman–Crippen LogP) is 2.80. The molecular weight excluding hydrogens is 450 g/mol. The van der Waals surface area contributed by atoms with Crippen LogP contribution in [0.4, 0.5) is 17.6 Å². The highest BCUT2D eigenvalue weighted by atomic mass is 32.2. The van der Waals surface area contributed by atoms with Crippen molar-refractivity contribution in [3.63, 3.8) is 0 Å². The van der Waals surface area contributed by atoms with Gasteiger partial charge in [0, 0.05) is 19.3 Å². The fourth-order valence-electron chi connectivity index (χ4n) is 3.29. The van der Waals surface area contributed by atoms with Gasteiger partial charge in [-0.15, -0.1) is 0 Å². The van der Waals surface area contributed by atoms with Crippen LogP contribution in [0.15, 0.2) is 46.7 Å². The molecule has 0 unspecified atom stereocenters. The summed E-state index contributed by atoms with van der Waals surface area (Å²) in [5.74, 6) is 0. The van der Waals surface area contributed by atoms with E-state index >= 15 is 4.39 Å². The van der Waals surface area contributed by atoms with Gasteiger partial charge < -0.3 is 4.57 Å². The molecule has 166 valence electrons. The summed E-state index contributed by atoms with van der Waals surface area (Å²) in [4.78, 5) is 2.98. The molecule has 1 aliphatic rings. The summed E-state index contributed by atoms with van der Waals surface area (Å²) >= 11 is 0. The van der Waals surface area contributed by atoms with E-state index in [-0.39, 0.29) is 17.9 Å². The van der Waals surface area contributed by atoms with Crippen molar-refractivity contribution in [2.75, 3.05) is 0 Å². The van der Waals surface area contributed by atoms with Gasteiger partial charge in [-0.05, 0) is 43.9 Å². The lowest BCUT2D eigenvalue weighted by Crippen LogP contribution is -2.45. The summed E-state index contributed by atoms with van der Waals surface area (Å²) in [5, 5.41) is -3.01. The molecule has 1 saturated carbocycles. The molecule has 7 nitrogen and oxygen atoms in total. The van der Waals surface area contributed by atoms with E-state index in [2.05, 4.69) is 9.71 Å². The van der Waals surface area contributed by atoms with Crippen molar-refractivity contribution in [3.8, 4) is 0 Å². The molecule has 0 atom stereocenters. The van der Waals surface area contributed by atoms with Crippen LogP contribution in [-0.4, -0.2) is 37.4 Å². The van der Waals surface area contributed by atoms with E-state index in [4.69, 9.17) is 0 Å². The third kappa shape index (κ3) is 4.37. The van der Waals surface area contributed by atoms with Crippen molar-refractivity contribution in [3.05, 3.63) is 42.4 Å². The fourth-order valence-corrected chi connectivity index (χ4v) is 6.32. The van der Waals surface area contributed by atoms with Crippen molar-refractivity contribution >= 4 is 19.9 Å². The molecule has 30 heavy (non-hydrogen) atoms. The number of benzene rings is 1. The number of aromatic nitrogens is 2. The first-order valence-electron chi connectivity index (χ1n) is 8.86. The molecule has 1 N–H and O–H groups in total. The smallest absolute Gasteiger partial charge is 0.339 e. The number of halogens is 4. The number of sulfonamides is 1. The zero-order valence-electron chi connectivity index (χ0n) is 15.7. The molecule has 0 bridgehead atoms. The Morgan fingerprint density at radius 1 is 1.17 bits per heavy atom. The topological polar surface area (TPSA) is 98.1 Å². The van der Waals surface area contributed by atoms with Crippen LogP contribution < -0.4 is 4.72 Å². The number of hydrogen-bond donors (Lipinski definition) is 1. The zero-order valence-corrected chi connectivity index (χ0v) is 17.4. The van der Waals surface area contributed by atoms with Gasteiger partial charge in [0.25, 0.3) is 10.0 Å². The molecule has 3 rings (SSSR count). The maximum atomic E-state index is 15.3. The summed E-state index contributed by atoms with van der Waals surface area (Å²) in [6.07, 6.45) is -3.58. The summed E-state index contributed by atoms with van der Waals surface area (Å²) in [7, 11) is -7.10. The maximum absolute atomic E-state index is 15.3. The van der Waals surface area contributed by atoms with Crippen molar-refractivity contribution in [1.29, 1.82) is 0 Å². The Labute approximate surface area is 171 Å². The molecule has 1 aromatic heterocycles. The summed E-state index contributed by atoms with van der Waals surface area (Å²) in [6.45, 7) is 0. The normalized spacial score (nSPS) is 23.4. The van der Waals surface area contributed by atoms with Crippen LogP contribution >= 0.6 is 0 Å². The van der Waals surface area contributed by atoms with Crippen LogP contribution in [0.2, 0.25) is 0 Å². The molecular formula is C17H19F4N3O4S2. The quantitative estimate of drug-likeness (QED) is 0.679. The number of nitrogens with zero attached hydrogens (tertiary/aromatic N) is 2. The van der Waals surface area contributed by atoms with Gasteiger partial charge in [0.15, 0.2) is 5.03 Å². The summed E-state index contributed by atoms with van der Waals surface area (Å²) in [6, 6.07) is 2.21. The molecule has 0 aliphatic heterocycles. The SMILES string of the molecule is Cn1cnc(S(=O)(=O)N[C@H]2CC[C@](F)(S(=O)(=O)c3cccc(C(F)(F)F)c3)CC2)c1.